The normalized spacial score (nSPS) is 11.4. The first-order chi connectivity index (χ1) is 13.0. The third kappa shape index (κ3) is 3.53. The Morgan fingerprint density at radius 1 is 1.11 bits per heavy atom. The van der Waals surface area contributed by atoms with Crippen molar-refractivity contribution in [2.24, 2.45) is 0 Å². The zero-order valence-corrected chi connectivity index (χ0v) is 15.9. The summed E-state index contributed by atoms with van der Waals surface area (Å²) in [4.78, 5) is 8.44. The Kier molecular flexibility index (Phi) is 4.35. The van der Waals surface area contributed by atoms with Crippen molar-refractivity contribution in [2.45, 2.75) is 40.2 Å². The van der Waals surface area contributed by atoms with E-state index in [0.717, 1.165) is 11.3 Å². The molecular weight excluding hydrogens is 340 g/mol. The van der Waals surface area contributed by atoms with Crippen LogP contribution in [0.25, 0.3) is 5.78 Å². The summed E-state index contributed by atoms with van der Waals surface area (Å²) in [6.45, 7) is 8.96. The molecule has 0 fully saturated rings. The molecule has 0 spiro atoms. The molecule has 0 aliphatic heterocycles. The average molecular weight is 362 g/mol. The van der Waals surface area contributed by atoms with Crippen LogP contribution in [0.15, 0.2) is 42.9 Å². The molecule has 0 aliphatic carbocycles. The Bertz CT molecular complexity index is 1080. The second kappa shape index (κ2) is 6.83. The molecule has 0 radical (unpaired) electrons. The smallest absolute Gasteiger partial charge is 0.255 e. The molecule has 0 N–H and O–H groups in total. The number of nitrogens with zero attached hydrogens (tertiary/aromatic N) is 6. The van der Waals surface area contributed by atoms with E-state index < -0.39 is 0 Å². The van der Waals surface area contributed by atoms with Crippen molar-refractivity contribution in [3.63, 3.8) is 0 Å². The first-order valence-corrected chi connectivity index (χ1v) is 8.98. The van der Waals surface area contributed by atoms with E-state index in [1.807, 2.05) is 30.8 Å². The molecule has 0 aliphatic rings. The highest BCUT2D eigenvalue weighted by Gasteiger charge is 2.13. The third-order valence-corrected chi connectivity index (χ3v) is 4.44. The fourth-order valence-corrected chi connectivity index (χ4v) is 2.95. The molecule has 1 aromatic carbocycles. The van der Waals surface area contributed by atoms with Gasteiger partial charge in [-0.3, -0.25) is 4.68 Å². The van der Waals surface area contributed by atoms with Gasteiger partial charge in [0.25, 0.3) is 5.78 Å². The SMILES string of the molecule is Cc1cc(Oc2nn(Cc3ccc(C(C)C)cc3)cc2C)n2ncnc2n1. The van der Waals surface area contributed by atoms with Crippen molar-refractivity contribution >= 4 is 5.78 Å². The van der Waals surface area contributed by atoms with Crippen LogP contribution in [0, 0.1) is 13.8 Å². The summed E-state index contributed by atoms with van der Waals surface area (Å²) < 4.78 is 9.48. The maximum absolute atomic E-state index is 6.02. The van der Waals surface area contributed by atoms with Crippen LogP contribution in [0.3, 0.4) is 0 Å². The molecule has 4 aromatic rings. The van der Waals surface area contributed by atoms with Crippen LogP contribution >= 0.6 is 0 Å². The molecule has 0 unspecified atom stereocenters. The first kappa shape index (κ1) is 17.2. The Morgan fingerprint density at radius 3 is 2.63 bits per heavy atom. The number of benzene rings is 1. The molecule has 3 heterocycles. The van der Waals surface area contributed by atoms with E-state index in [-0.39, 0.29) is 0 Å². The third-order valence-electron chi connectivity index (χ3n) is 4.44. The number of hydrogen-bond acceptors (Lipinski definition) is 5. The van der Waals surface area contributed by atoms with Crippen LogP contribution < -0.4 is 4.74 Å². The number of rotatable bonds is 5. The molecule has 4 rings (SSSR count). The number of aryl methyl sites for hydroxylation is 2. The molecule has 0 amide bonds. The minimum Gasteiger partial charge on any atom is -0.419 e. The Hall–Kier alpha value is -3.22. The van der Waals surface area contributed by atoms with Crippen LogP contribution in [0.1, 0.15) is 42.1 Å². The maximum atomic E-state index is 6.02. The lowest BCUT2D eigenvalue weighted by Gasteiger charge is -2.07. The van der Waals surface area contributed by atoms with Crippen molar-refractivity contribution in [3.8, 4) is 11.8 Å². The van der Waals surface area contributed by atoms with Gasteiger partial charge in [-0.15, -0.1) is 5.10 Å². The van der Waals surface area contributed by atoms with Crippen molar-refractivity contribution in [2.75, 3.05) is 0 Å². The van der Waals surface area contributed by atoms with Crippen LogP contribution in [0.5, 0.6) is 11.8 Å². The lowest BCUT2D eigenvalue weighted by atomic mass is 10.0. The van der Waals surface area contributed by atoms with Gasteiger partial charge in [-0.2, -0.15) is 14.6 Å². The molecule has 7 nitrogen and oxygen atoms in total. The van der Waals surface area contributed by atoms with E-state index in [0.29, 0.717) is 30.0 Å². The summed E-state index contributed by atoms with van der Waals surface area (Å²) in [7, 11) is 0. The quantitative estimate of drug-likeness (QED) is 0.538. The lowest BCUT2D eigenvalue weighted by Crippen LogP contribution is -2.02. The zero-order valence-electron chi connectivity index (χ0n) is 15.9. The van der Waals surface area contributed by atoms with E-state index in [4.69, 9.17) is 4.74 Å². The molecule has 0 bridgehead atoms. The standard InChI is InChI=1S/C20H22N6O/c1-13(2)17-7-5-16(6-8-17)11-25-10-14(3)19(24-25)27-18-9-15(4)23-20-21-12-22-26(18)20/h5-10,12-13H,11H2,1-4H3. The van der Waals surface area contributed by atoms with Gasteiger partial charge in [0.1, 0.15) is 6.33 Å². The average Bonchev–Trinajstić information content (AvgIpc) is 3.22. The first-order valence-electron chi connectivity index (χ1n) is 8.98. The van der Waals surface area contributed by atoms with E-state index in [1.165, 1.54) is 17.5 Å². The molecule has 0 saturated carbocycles. The van der Waals surface area contributed by atoms with Gasteiger partial charge in [0.2, 0.25) is 11.8 Å². The van der Waals surface area contributed by atoms with E-state index >= 15 is 0 Å². The van der Waals surface area contributed by atoms with Crippen molar-refractivity contribution in [1.82, 2.24) is 29.4 Å². The number of fused-ring (bicyclic) bond motifs is 1. The van der Waals surface area contributed by atoms with Gasteiger partial charge in [0.15, 0.2) is 0 Å². The fourth-order valence-electron chi connectivity index (χ4n) is 2.95. The topological polar surface area (TPSA) is 70.1 Å². The predicted molar refractivity (Wildman–Crippen MR) is 102 cm³/mol. The second-order valence-electron chi connectivity index (χ2n) is 7.02. The largest absolute Gasteiger partial charge is 0.419 e. The van der Waals surface area contributed by atoms with Gasteiger partial charge in [0.05, 0.1) is 6.54 Å². The molecule has 3 aromatic heterocycles. The monoisotopic (exact) mass is 362 g/mol. The van der Waals surface area contributed by atoms with Gasteiger partial charge in [-0.1, -0.05) is 38.1 Å². The number of aromatic nitrogens is 6. The summed E-state index contributed by atoms with van der Waals surface area (Å²) in [5.41, 5.74) is 4.31. The maximum Gasteiger partial charge on any atom is 0.255 e. The fraction of sp³-hybridized carbons (Fsp3) is 0.300. The minimum absolute atomic E-state index is 0.507. The van der Waals surface area contributed by atoms with Crippen LogP contribution in [-0.4, -0.2) is 29.4 Å². The van der Waals surface area contributed by atoms with Gasteiger partial charge in [-0.25, -0.2) is 4.98 Å². The second-order valence-corrected chi connectivity index (χ2v) is 7.02. The lowest BCUT2D eigenvalue weighted by molar-refractivity contribution is 0.417. The van der Waals surface area contributed by atoms with Crippen LogP contribution in [0.2, 0.25) is 0 Å². The van der Waals surface area contributed by atoms with Gasteiger partial charge >= 0.3 is 0 Å². The van der Waals surface area contributed by atoms with Crippen molar-refractivity contribution < 1.29 is 4.74 Å². The molecular formula is C20H22N6O. The zero-order chi connectivity index (χ0) is 19.0. The van der Waals surface area contributed by atoms with Gasteiger partial charge in [-0.05, 0) is 30.9 Å². The summed E-state index contributed by atoms with van der Waals surface area (Å²) in [5, 5.41) is 8.76. The highest BCUT2D eigenvalue weighted by Crippen LogP contribution is 2.24. The van der Waals surface area contributed by atoms with Crippen LogP contribution in [0.4, 0.5) is 0 Å². The van der Waals surface area contributed by atoms with E-state index in [9.17, 15) is 0 Å². The molecule has 7 heteroatoms. The predicted octanol–water partition coefficient (Wildman–Crippen LogP) is 3.90. The van der Waals surface area contributed by atoms with Crippen molar-refractivity contribution in [3.05, 3.63) is 65.2 Å². The highest BCUT2D eigenvalue weighted by molar-refractivity contribution is 5.35. The van der Waals surface area contributed by atoms with Gasteiger partial charge in [0, 0.05) is 23.5 Å². The van der Waals surface area contributed by atoms with Crippen molar-refractivity contribution in [1.29, 1.82) is 0 Å². The number of hydrogen-bond donors (Lipinski definition) is 0. The molecule has 0 atom stereocenters. The summed E-state index contributed by atoms with van der Waals surface area (Å²) in [6, 6.07) is 10.5. The van der Waals surface area contributed by atoms with Crippen LogP contribution in [-0.2, 0) is 6.54 Å². The summed E-state index contributed by atoms with van der Waals surface area (Å²) >= 11 is 0. The molecule has 27 heavy (non-hydrogen) atoms. The summed E-state index contributed by atoms with van der Waals surface area (Å²) in [5.74, 6) is 2.14. The van der Waals surface area contributed by atoms with E-state index in [1.54, 1.807) is 4.52 Å². The minimum atomic E-state index is 0.507. The summed E-state index contributed by atoms with van der Waals surface area (Å²) in [6.07, 6.45) is 3.44. The molecule has 138 valence electrons. The van der Waals surface area contributed by atoms with E-state index in [2.05, 4.69) is 58.3 Å². The number of ether oxygens (including phenoxy) is 1. The Balaban J connectivity index is 1.57. The Morgan fingerprint density at radius 2 is 1.89 bits per heavy atom. The molecule has 0 saturated heterocycles. The highest BCUT2D eigenvalue weighted by atomic mass is 16.5. The van der Waals surface area contributed by atoms with Gasteiger partial charge < -0.3 is 4.74 Å². The Labute approximate surface area is 157 Å².